The zero-order valence-electron chi connectivity index (χ0n) is 12.2. The van der Waals surface area contributed by atoms with Gasteiger partial charge < -0.3 is 15.2 Å². The highest BCUT2D eigenvalue weighted by atomic mass is 32.1. The third-order valence-corrected chi connectivity index (χ3v) is 5.55. The first-order valence-corrected chi connectivity index (χ1v) is 8.04. The summed E-state index contributed by atoms with van der Waals surface area (Å²) >= 11 is 1.56. The van der Waals surface area contributed by atoms with Gasteiger partial charge >= 0.3 is 0 Å². The van der Waals surface area contributed by atoms with Gasteiger partial charge in [0.2, 0.25) is 0 Å². The zero-order valence-corrected chi connectivity index (χ0v) is 13.0. The molecule has 1 aliphatic heterocycles. The molecule has 0 spiro atoms. The Kier molecular flexibility index (Phi) is 5.18. The third kappa shape index (κ3) is 3.22. The Labute approximate surface area is 124 Å². The van der Waals surface area contributed by atoms with Crippen LogP contribution < -0.4 is 5.32 Å². The summed E-state index contributed by atoms with van der Waals surface area (Å²) in [6.07, 6.45) is 2.61. The Hall–Kier alpha value is -0.910. The fraction of sp³-hybridized carbons (Fsp3) is 0.667. The largest absolute Gasteiger partial charge is 0.396 e. The van der Waals surface area contributed by atoms with E-state index in [1.807, 2.05) is 19.9 Å². The topological polar surface area (TPSA) is 58.6 Å². The van der Waals surface area contributed by atoms with Crippen molar-refractivity contribution >= 4 is 17.2 Å². The van der Waals surface area contributed by atoms with Crippen molar-refractivity contribution in [3.8, 4) is 0 Å². The predicted octanol–water partition coefficient (Wildman–Crippen LogP) is 2.35. The number of ether oxygens (including phenoxy) is 1. The second kappa shape index (κ2) is 6.70. The number of aliphatic hydroxyl groups excluding tert-OH is 1. The molecule has 1 aliphatic rings. The molecule has 0 saturated heterocycles. The van der Waals surface area contributed by atoms with E-state index in [9.17, 15) is 9.90 Å². The van der Waals surface area contributed by atoms with Crippen LogP contribution in [-0.4, -0.2) is 30.8 Å². The fourth-order valence-corrected chi connectivity index (χ4v) is 3.46. The number of carbonyl (C=O) groups is 1. The number of fused-ring (bicyclic) bond motifs is 1. The van der Waals surface area contributed by atoms with E-state index in [4.69, 9.17) is 4.74 Å². The summed E-state index contributed by atoms with van der Waals surface area (Å²) in [5.41, 5.74) is 0.946. The van der Waals surface area contributed by atoms with Crippen molar-refractivity contribution in [1.29, 1.82) is 0 Å². The number of nitrogens with one attached hydrogen (secondary N) is 1. The summed E-state index contributed by atoms with van der Waals surface area (Å²) in [6.45, 7) is 6.08. The number of aliphatic hydroxyl groups is 1. The second-order valence-electron chi connectivity index (χ2n) is 5.41. The number of rotatable bonds is 6. The van der Waals surface area contributed by atoms with Crippen molar-refractivity contribution in [2.45, 2.75) is 39.7 Å². The molecule has 0 fully saturated rings. The molecule has 0 saturated carbocycles. The SMILES string of the molecule is CCC(CC)(CO)CNC(=O)c1cc2c(s1)CCOC2. The quantitative estimate of drug-likeness (QED) is 0.847. The van der Waals surface area contributed by atoms with E-state index in [1.54, 1.807) is 11.3 Å². The molecule has 0 bridgehead atoms. The van der Waals surface area contributed by atoms with Crippen molar-refractivity contribution in [2.24, 2.45) is 5.41 Å². The molecule has 2 N–H and O–H groups in total. The van der Waals surface area contributed by atoms with Crippen LogP contribution in [0.2, 0.25) is 0 Å². The Balaban J connectivity index is 1.99. The molecular weight excluding hydrogens is 274 g/mol. The van der Waals surface area contributed by atoms with Crippen molar-refractivity contribution < 1.29 is 14.6 Å². The Morgan fingerprint density at radius 3 is 2.85 bits per heavy atom. The molecule has 0 aliphatic carbocycles. The van der Waals surface area contributed by atoms with Crippen LogP contribution >= 0.6 is 11.3 Å². The zero-order chi connectivity index (χ0) is 14.6. The Bertz CT molecular complexity index is 434. The summed E-state index contributed by atoms with van der Waals surface area (Å²) in [4.78, 5) is 14.2. The average molecular weight is 297 g/mol. The van der Waals surface area contributed by atoms with Gasteiger partial charge in [0, 0.05) is 23.3 Å². The summed E-state index contributed by atoms with van der Waals surface area (Å²) in [5, 5.41) is 12.5. The molecule has 1 amide bonds. The minimum Gasteiger partial charge on any atom is -0.396 e. The normalized spacial score (nSPS) is 14.9. The lowest BCUT2D eigenvalue weighted by molar-refractivity contribution is 0.0854. The molecule has 4 nitrogen and oxygen atoms in total. The van der Waals surface area contributed by atoms with Crippen LogP contribution in [0.25, 0.3) is 0 Å². The van der Waals surface area contributed by atoms with E-state index >= 15 is 0 Å². The maximum atomic E-state index is 12.2. The fourth-order valence-electron chi connectivity index (χ4n) is 2.39. The van der Waals surface area contributed by atoms with Crippen LogP contribution in [0.1, 0.15) is 46.8 Å². The van der Waals surface area contributed by atoms with Crippen LogP contribution in [0.3, 0.4) is 0 Å². The van der Waals surface area contributed by atoms with Crippen LogP contribution in [0.15, 0.2) is 6.07 Å². The maximum absolute atomic E-state index is 12.2. The highest BCUT2D eigenvalue weighted by molar-refractivity contribution is 7.14. The predicted molar refractivity (Wildman–Crippen MR) is 80.1 cm³/mol. The van der Waals surface area contributed by atoms with E-state index in [1.165, 1.54) is 4.88 Å². The number of carbonyl (C=O) groups excluding carboxylic acids is 1. The first kappa shape index (κ1) is 15.5. The van der Waals surface area contributed by atoms with Crippen molar-refractivity contribution in [3.63, 3.8) is 0 Å². The van der Waals surface area contributed by atoms with Crippen molar-refractivity contribution in [3.05, 3.63) is 21.4 Å². The minimum absolute atomic E-state index is 0.0378. The first-order valence-electron chi connectivity index (χ1n) is 7.22. The molecule has 0 aromatic carbocycles. The molecular formula is C15H23NO3S. The lowest BCUT2D eigenvalue weighted by Crippen LogP contribution is -2.39. The third-order valence-electron chi connectivity index (χ3n) is 4.31. The van der Waals surface area contributed by atoms with Gasteiger partial charge in [-0.3, -0.25) is 4.79 Å². The van der Waals surface area contributed by atoms with Crippen LogP contribution in [-0.2, 0) is 17.8 Å². The van der Waals surface area contributed by atoms with E-state index in [0.29, 0.717) is 13.2 Å². The van der Waals surface area contributed by atoms with E-state index in [2.05, 4.69) is 5.32 Å². The van der Waals surface area contributed by atoms with Crippen molar-refractivity contribution in [1.82, 2.24) is 5.32 Å². The molecule has 1 aromatic rings. The smallest absolute Gasteiger partial charge is 0.261 e. The number of thiophene rings is 1. The van der Waals surface area contributed by atoms with Crippen molar-refractivity contribution in [2.75, 3.05) is 19.8 Å². The van der Waals surface area contributed by atoms with Crippen LogP contribution in [0, 0.1) is 5.41 Å². The number of hydrogen-bond donors (Lipinski definition) is 2. The van der Waals surface area contributed by atoms with E-state index in [-0.39, 0.29) is 17.9 Å². The summed E-state index contributed by atoms with van der Waals surface area (Å²) in [6, 6.07) is 1.94. The number of hydrogen-bond acceptors (Lipinski definition) is 4. The summed E-state index contributed by atoms with van der Waals surface area (Å²) < 4.78 is 5.40. The summed E-state index contributed by atoms with van der Waals surface area (Å²) in [7, 11) is 0. The van der Waals surface area contributed by atoms with Gasteiger partial charge in [-0.2, -0.15) is 0 Å². The lowest BCUT2D eigenvalue weighted by atomic mass is 9.83. The Morgan fingerprint density at radius 1 is 1.50 bits per heavy atom. The standard InChI is InChI=1S/C15H23NO3S/c1-3-15(4-2,10-17)9-16-14(18)13-7-11-8-19-6-5-12(11)20-13/h7,17H,3-6,8-10H2,1-2H3,(H,16,18). The van der Waals surface area contributed by atoms with Gasteiger partial charge in [0.15, 0.2) is 0 Å². The molecule has 0 atom stereocenters. The van der Waals surface area contributed by atoms with Gasteiger partial charge in [-0.05, 0) is 24.5 Å². The van der Waals surface area contributed by atoms with E-state index in [0.717, 1.165) is 36.3 Å². The molecule has 0 unspecified atom stereocenters. The Morgan fingerprint density at radius 2 is 2.25 bits per heavy atom. The van der Waals surface area contributed by atoms with Gasteiger partial charge in [0.25, 0.3) is 5.91 Å². The molecule has 2 rings (SSSR count). The molecule has 5 heteroatoms. The minimum atomic E-state index is -0.199. The van der Waals surface area contributed by atoms with Crippen LogP contribution in [0.4, 0.5) is 0 Å². The maximum Gasteiger partial charge on any atom is 0.261 e. The lowest BCUT2D eigenvalue weighted by Gasteiger charge is -2.29. The second-order valence-corrected chi connectivity index (χ2v) is 6.55. The van der Waals surface area contributed by atoms with Gasteiger partial charge in [-0.15, -0.1) is 11.3 Å². The van der Waals surface area contributed by atoms with Gasteiger partial charge in [0.05, 0.1) is 24.7 Å². The van der Waals surface area contributed by atoms with Gasteiger partial charge in [-0.1, -0.05) is 13.8 Å². The molecule has 20 heavy (non-hydrogen) atoms. The average Bonchev–Trinajstić information content (AvgIpc) is 2.93. The molecule has 0 radical (unpaired) electrons. The molecule has 1 aromatic heterocycles. The highest BCUT2D eigenvalue weighted by Crippen LogP contribution is 2.28. The van der Waals surface area contributed by atoms with Gasteiger partial charge in [-0.25, -0.2) is 0 Å². The first-order chi connectivity index (χ1) is 9.64. The van der Waals surface area contributed by atoms with E-state index < -0.39 is 0 Å². The highest BCUT2D eigenvalue weighted by Gasteiger charge is 2.26. The molecule has 112 valence electrons. The summed E-state index contributed by atoms with van der Waals surface area (Å²) in [5.74, 6) is -0.0378. The molecule has 2 heterocycles. The number of amides is 1. The monoisotopic (exact) mass is 297 g/mol. The van der Waals surface area contributed by atoms with Crippen LogP contribution in [0.5, 0.6) is 0 Å². The van der Waals surface area contributed by atoms with Gasteiger partial charge in [0.1, 0.15) is 0 Å².